The van der Waals surface area contributed by atoms with Crippen molar-refractivity contribution < 1.29 is 9.53 Å². The van der Waals surface area contributed by atoms with Crippen molar-refractivity contribution in [3.63, 3.8) is 0 Å². The lowest BCUT2D eigenvalue weighted by molar-refractivity contribution is 0.0122. The summed E-state index contributed by atoms with van der Waals surface area (Å²) in [6, 6.07) is 21.1. The number of piperazine rings is 1. The maximum Gasteiger partial charge on any atom is 0.410 e. The Balaban J connectivity index is 1.70. The van der Waals surface area contributed by atoms with Crippen molar-refractivity contribution in [1.82, 2.24) is 9.80 Å². The molecule has 1 aliphatic rings. The summed E-state index contributed by atoms with van der Waals surface area (Å²) in [4.78, 5) is 16.6. The molecule has 0 N–H and O–H groups in total. The summed E-state index contributed by atoms with van der Waals surface area (Å²) in [5.74, 6) is 0. The van der Waals surface area contributed by atoms with Crippen LogP contribution in [0, 0.1) is 0 Å². The van der Waals surface area contributed by atoms with Crippen molar-refractivity contribution >= 4 is 12.2 Å². The Labute approximate surface area is 168 Å². The average Bonchev–Trinajstić information content (AvgIpc) is 2.69. The third-order valence-corrected chi connectivity index (χ3v) is 4.77. The van der Waals surface area contributed by atoms with Crippen LogP contribution >= 0.6 is 0 Å². The zero-order valence-corrected chi connectivity index (χ0v) is 17.0. The van der Waals surface area contributed by atoms with Gasteiger partial charge in [-0.15, -0.1) is 0 Å². The average molecular weight is 379 g/mol. The first kappa shape index (κ1) is 20.2. The predicted molar refractivity (Wildman–Crippen MR) is 114 cm³/mol. The molecule has 4 heteroatoms. The molecule has 4 nitrogen and oxygen atoms in total. The molecule has 0 saturated carbocycles. The quantitative estimate of drug-likeness (QED) is 0.751. The molecular weight excluding hydrogens is 348 g/mol. The van der Waals surface area contributed by atoms with Crippen molar-refractivity contribution in [3.8, 4) is 0 Å². The van der Waals surface area contributed by atoms with Gasteiger partial charge < -0.3 is 9.64 Å². The Bertz CT molecular complexity index is 773. The molecule has 0 unspecified atom stereocenters. The fourth-order valence-corrected chi connectivity index (χ4v) is 3.37. The molecular formula is C24H30N2O2. The highest BCUT2D eigenvalue weighted by atomic mass is 16.6. The summed E-state index contributed by atoms with van der Waals surface area (Å²) >= 11 is 0. The maximum absolute atomic E-state index is 12.3. The summed E-state index contributed by atoms with van der Waals surface area (Å²) in [6.07, 6.45) is 4.22. The first-order valence-corrected chi connectivity index (χ1v) is 9.92. The second-order valence-corrected chi connectivity index (χ2v) is 8.13. The normalized spacial score (nSPS) is 16.9. The van der Waals surface area contributed by atoms with E-state index in [9.17, 15) is 4.79 Å². The van der Waals surface area contributed by atoms with E-state index >= 15 is 0 Å². The minimum atomic E-state index is -0.459. The Morgan fingerprint density at radius 3 is 2.07 bits per heavy atom. The van der Waals surface area contributed by atoms with Crippen molar-refractivity contribution in [2.75, 3.05) is 26.2 Å². The van der Waals surface area contributed by atoms with Crippen LogP contribution in [0.3, 0.4) is 0 Å². The smallest absolute Gasteiger partial charge is 0.410 e. The molecule has 1 heterocycles. The maximum atomic E-state index is 12.3. The molecule has 0 bridgehead atoms. The number of nitrogens with zero attached hydrogens (tertiary/aromatic N) is 2. The molecule has 1 amide bonds. The highest BCUT2D eigenvalue weighted by Crippen LogP contribution is 2.25. The molecule has 3 rings (SSSR count). The van der Waals surface area contributed by atoms with E-state index in [2.05, 4.69) is 65.6 Å². The van der Waals surface area contributed by atoms with Crippen LogP contribution in [0.5, 0.6) is 0 Å². The molecule has 0 aliphatic carbocycles. The topological polar surface area (TPSA) is 32.8 Å². The van der Waals surface area contributed by atoms with Crippen LogP contribution in [0.1, 0.15) is 37.9 Å². The van der Waals surface area contributed by atoms with Gasteiger partial charge in [0.05, 0.1) is 6.04 Å². The number of rotatable bonds is 4. The van der Waals surface area contributed by atoms with E-state index in [1.807, 2.05) is 37.8 Å². The first-order valence-electron chi connectivity index (χ1n) is 9.92. The van der Waals surface area contributed by atoms with Gasteiger partial charge in [0.2, 0.25) is 0 Å². The van der Waals surface area contributed by atoms with E-state index in [4.69, 9.17) is 4.74 Å². The second-order valence-electron chi connectivity index (χ2n) is 8.13. The largest absolute Gasteiger partial charge is 0.444 e. The highest BCUT2D eigenvalue weighted by Gasteiger charge is 2.28. The van der Waals surface area contributed by atoms with Crippen LogP contribution in [-0.4, -0.2) is 47.7 Å². The molecule has 0 aromatic heterocycles. The van der Waals surface area contributed by atoms with E-state index in [1.165, 1.54) is 11.1 Å². The summed E-state index contributed by atoms with van der Waals surface area (Å²) in [5, 5.41) is 0. The van der Waals surface area contributed by atoms with E-state index in [0.717, 1.165) is 13.1 Å². The van der Waals surface area contributed by atoms with E-state index in [0.29, 0.717) is 13.1 Å². The van der Waals surface area contributed by atoms with Crippen LogP contribution in [-0.2, 0) is 4.74 Å². The Morgan fingerprint density at radius 2 is 1.50 bits per heavy atom. The molecule has 28 heavy (non-hydrogen) atoms. The van der Waals surface area contributed by atoms with Gasteiger partial charge in [-0.05, 0) is 31.9 Å². The summed E-state index contributed by atoms with van der Waals surface area (Å²) in [5.41, 5.74) is 2.00. The number of carbonyl (C=O) groups is 1. The standard InChI is InChI=1S/C24H30N2O2/c1-24(2,3)28-23(27)26-18-16-25(17-19-26)22(21-12-8-5-9-13-21)15-14-20-10-6-4-7-11-20/h4-15,22H,16-19H2,1-3H3/b15-14+/t22-/m0/s1. The van der Waals surface area contributed by atoms with Crippen molar-refractivity contribution in [3.05, 3.63) is 77.9 Å². The van der Waals surface area contributed by atoms with E-state index in [1.54, 1.807) is 0 Å². The molecule has 2 aromatic rings. The molecule has 1 fully saturated rings. The van der Waals surface area contributed by atoms with Crippen LogP contribution in [0.25, 0.3) is 6.08 Å². The summed E-state index contributed by atoms with van der Waals surface area (Å²) in [7, 11) is 0. The van der Waals surface area contributed by atoms with Gasteiger partial charge in [-0.25, -0.2) is 4.79 Å². The molecule has 1 atom stereocenters. The number of ether oxygens (including phenoxy) is 1. The Morgan fingerprint density at radius 1 is 0.929 bits per heavy atom. The number of hydrogen-bond acceptors (Lipinski definition) is 3. The monoisotopic (exact) mass is 378 g/mol. The predicted octanol–water partition coefficient (Wildman–Crippen LogP) is 4.99. The van der Waals surface area contributed by atoms with Gasteiger partial charge in [-0.2, -0.15) is 0 Å². The zero-order valence-electron chi connectivity index (χ0n) is 17.0. The Kier molecular flexibility index (Phi) is 6.53. The molecule has 1 aliphatic heterocycles. The van der Waals surface area contributed by atoms with Crippen molar-refractivity contribution in [1.29, 1.82) is 0 Å². The number of amides is 1. The summed E-state index contributed by atoms with van der Waals surface area (Å²) in [6.45, 7) is 8.70. The lowest BCUT2D eigenvalue weighted by Crippen LogP contribution is -2.50. The fraction of sp³-hybridized carbons (Fsp3) is 0.375. The minimum absolute atomic E-state index is 0.183. The molecule has 2 aromatic carbocycles. The van der Waals surface area contributed by atoms with Crippen LogP contribution in [0.2, 0.25) is 0 Å². The van der Waals surface area contributed by atoms with Crippen LogP contribution in [0.15, 0.2) is 66.7 Å². The lowest BCUT2D eigenvalue weighted by atomic mass is 10.0. The zero-order chi connectivity index (χ0) is 20.0. The van der Waals surface area contributed by atoms with E-state index in [-0.39, 0.29) is 12.1 Å². The number of hydrogen-bond donors (Lipinski definition) is 0. The van der Waals surface area contributed by atoms with Gasteiger partial charge in [-0.3, -0.25) is 4.90 Å². The van der Waals surface area contributed by atoms with Gasteiger partial charge in [0.25, 0.3) is 0 Å². The van der Waals surface area contributed by atoms with Crippen LogP contribution in [0.4, 0.5) is 4.79 Å². The van der Waals surface area contributed by atoms with Gasteiger partial charge in [0.15, 0.2) is 0 Å². The van der Waals surface area contributed by atoms with Gasteiger partial charge in [0, 0.05) is 26.2 Å². The first-order chi connectivity index (χ1) is 13.4. The fourth-order valence-electron chi connectivity index (χ4n) is 3.37. The van der Waals surface area contributed by atoms with Crippen molar-refractivity contribution in [2.24, 2.45) is 0 Å². The minimum Gasteiger partial charge on any atom is -0.444 e. The third-order valence-electron chi connectivity index (χ3n) is 4.77. The van der Waals surface area contributed by atoms with Gasteiger partial charge in [-0.1, -0.05) is 72.8 Å². The van der Waals surface area contributed by atoms with Crippen LogP contribution < -0.4 is 0 Å². The molecule has 0 spiro atoms. The van der Waals surface area contributed by atoms with E-state index < -0.39 is 5.60 Å². The summed E-state index contributed by atoms with van der Waals surface area (Å²) < 4.78 is 5.52. The number of benzene rings is 2. The number of carbonyl (C=O) groups excluding carboxylic acids is 1. The molecule has 0 radical (unpaired) electrons. The van der Waals surface area contributed by atoms with Gasteiger partial charge in [0.1, 0.15) is 5.60 Å². The lowest BCUT2D eigenvalue weighted by Gasteiger charge is -2.39. The highest BCUT2D eigenvalue weighted by molar-refractivity contribution is 5.68. The SMILES string of the molecule is CC(C)(C)OC(=O)N1CCN([C@@H](/C=C/c2ccccc2)c2ccccc2)CC1. The third kappa shape index (κ3) is 5.70. The molecule has 148 valence electrons. The van der Waals surface area contributed by atoms with Gasteiger partial charge >= 0.3 is 6.09 Å². The Hall–Kier alpha value is -2.59. The molecule has 1 saturated heterocycles. The van der Waals surface area contributed by atoms with Crippen molar-refractivity contribution in [2.45, 2.75) is 32.4 Å². The second kappa shape index (κ2) is 9.07.